The second-order valence-electron chi connectivity index (χ2n) is 4.97. The van der Waals surface area contributed by atoms with Crippen molar-refractivity contribution in [3.05, 3.63) is 60.4 Å². The van der Waals surface area contributed by atoms with Crippen LogP contribution in [0.4, 0.5) is 0 Å². The van der Waals surface area contributed by atoms with Crippen molar-refractivity contribution in [2.45, 2.75) is 6.54 Å². The number of halogens is 1. The average Bonchev–Trinajstić information content (AvgIpc) is 3.11. The number of nitrogens with zero attached hydrogens (tertiary/aromatic N) is 2. The minimum Gasteiger partial charge on any atom is -0.355 e. The zero-order valence-corrected chi connectivity index (χ0v) is 16.1. The molecule has 0 spiro atoms. The van der Waals surface area contributed by atoms with Crippen LogP contribution in [0.5, 0.6) is 0 Å². The number of nitrogens with one attached hydrogen (secondary N) is 3. The van der Waals surface area contributed by atoms with Gasteiger partial charge >= 0.3 is 0 Å². The highest BCUT2D eigenvalue weighted by molar-refractivity contribution is 14.0. The lowest BCUT2D eigenvalue weighted by atomic mass is 10.2. The predicted molar refractivity (Wildman–Crippen MR) is 108 cm³/mol. The molecule has 1 heterocycles. The van der Waals surface area contributed by atoms with E-state index in [1.807, 2.05) is 42.7 Å². The number of guanidine groups is 1. The van der Waals surface area contributed by atoms with Crippen LogP contribution in [0.1, 0.15) is 10.4 Å². The molecule has 0 aliphatic carbocycles. The maximum atomic E-state index is 11.9. The molecular formula is C17H24IN5O. The van der Waals surface area contributed by atoms with Gasteiger partial charge in [-0.1, -0.05) is 18.2 Å². The minimum absolute atomic E-state index is 0. The topological polar surface area (TPSA) is 70.4 Å². The molecule has 0 unspecified atom stereocenters. The van der Waals surface area contributed by atoms with Gasteiger partial charge in [-0.25, -0.2) is 0 Å². The molecule has 130 valence electrons. The second kappa shape index (κ2) is 11.5. The van der Waals surface area contributed by atoms with Crippen molar-refractivity contribution in [3.8, 4) is 0 Å². The molecule has 0 fully saturated rings. The highest BCUT2D eigenvalue weighted by Crippen LogP contribution is 1.96. The summed E-state index contributed by atoms with van der Waals surface area (Å²) in [5.41, 5.74) is 0.668. The molecule has 0 saturated heterocycles. The molecule has 7 heteroatoms. The zero-order chi connectivity index (χ0) is 16.3. The fraction of sp³-hybridized carbons (Fsp3) is 0.294. The molecule has 24 heavy (non-hydrogen) atoms. The Kier molecular flexibility index (Phi) is 9.59. The van der Waals surface area contributed by atoms with Crippen molar-refractivity contribution in [2.24, 2.45) is 4.99 Å². The Bertz CT molecular complexity index is 613. The summed E-state index contributed by atoms with van der Waals surface area (Å²) in [6.07, 6.45) is 4.05. The van der Waals surface area contributed by atoms with Crippen LogP contribution in [0.15, 0.2) is 59.9 Å². The molecular weight excluding hydrogens is 417 g/mol. The summed E-state index contributed by atoms with van der Waals surface area (Å²) in [6.45, 7) is 2.80. The molecule has 0 aliphatic heterocycles. The lowest BCUT2D eigenvalue weighted by molar-refractivity contribution is 0.0954. The van der Waals surface area contributed by atoms with E-state index in [4.69, 9.17) is 0 Å². The summed E-state index contributed by atoms with van der Waals surface area (Å²) >= 11 is 0. The van der Waals surface area contributed by atoms with E-state index in [1.165, 1.54) is 0 Å². The maximum absolute atomic E-state index is 11.9. The van der Waals surface area contributed by atoms with Crippen LogP contribution in [0.25, 0.3) is 0 Å². The summed E-state index contributed by atoms with van der Waals surface area (Å²) in [4.78, 5) is 16.0. The highest BCUT2D eigenvalue weighted by atomic mass is 127. The predicted octanol–water partition coefficient (Wildman–Crippen LogP) is 1.70. The van der Waals surface area contributed by atoms with Gasteiger partial charge in [0.15, 0.2) is 5.96 Å². The SMILES string of the molecule is CN=C(NCCNC(=O)c1ccccc1)NCCn1cccc1.I. The molecule has 0 aliphatic rings. The van der Waals surface area contributed by atoms with Crippen molar-refractivity contribution < 1.29 is 4.79 Å². The van der Waals surface area contributed by atoms with Gasteiger partial charge in [-0.15, -0.1) is 24.0 Å². The summed E-state index contributed by atoms with van der Waals surface area (Å²) in [7, 11) is 1.73. The van der Waals surface area contributed by atoms with E-state index in [-0.39, 0.29) is 29.9 Å². The number of carbonyl (C=O) groups excluding carboxylic acids is 1. The quantitative estimate of drug-likeness (QED) is 0.265. The first-order valence-corrected chi connectivity index (χ1v) is 7.68. The van der Waals surface area contributed by atoms with Crippen LogP contribution in [0.2, 0.25) is 0 Å². The van der Waals surface area contributed by atoms with Gasteiger partial charge in [-0.2, -0.15) is 0 Å². The normalized spacial score (nSPS) is 10.6. The Labute approximate surface area is 159 Å². The summed E-state index contributed by atoms with van der Waals surface area (Å²) in [5, 5.41) is 9.27. The van der Waals surface area contributed by atoms with E-state index in [2.05, 4.69) is 25.5 Å². The van der Waals surface area contributed by atoms with E-state index in [0.717, 1.165) is 19.0 Å². The number of hydrogen-bond acceptors (Lipinski definition) is 2. The molecule has 0 radical (unpaired) electrons. The minimum atomic E-state index is -0.0667. The number of aromatic nitrogens is 1. The number of benzene rings is 1. The van der Waals surface area contributed by atoms with Crippen LogP contribution < -0.4 is 16.0 Å². The van der Waals surface area contributed by atoms with Crippen molar-refractivity contribution in [1.29, 1.82) is 0 Å². The largest absolute Gasteiger partial charge is 0.355 e. The molecule has 0 saturated carbocycles. The van der Waals surface area contributed by atoms with Crippen LogP contribution >= 0.6 is 24.0 Å². The van der Waals surface area contributed by atoms with Gasteiger partial charge in [0.05, 0.1) is 0 Å². The van der Waals surface area contributed by atoms with Gasteiger partial charge in [0.2, 0.25) is 0 Å². The lowest BCUT2D eigenvalue weighted by Crippen LogP contribution is -2.42. The third-order valence-electron chi connectivity index (χ3n) is 3.29. The third-order valence-corrected chi connectivity index (χ3v) is 3.29. The Morgan fingerprint density at radius 2 is 1.58 bits per heavy atom. The van der Waals surface area contributed by atoms with Gasteiger partial charge in [-0.3, -0.25) is 9.79 Å². The Hall–Kier alpha value is -2.03. The van der Waals surface area contributed by atoms with Gasteiger partial charge in [0.25, 0.3) is 5.91 Å². The third kappa shape index (κ3) is 7.03. The number of rotatable bonds is 7. The number of carbonyl (C=O) groups is 1. The average molecular weight is 441 g/mol. The first-order chi connectivity index (χ1) is 11.3. The van der Waals surface area contributed by atoms with Gasteiger partial charge in [0, 0.05) is 51.2 Å². The Balaban J connectivity index is 0.00000288. The van der Waals surface area contributed by atoms with Crippen LogP contribution in [0.3, 0.4) is 0 Å². The van der Waals surface area contributed by atoms with Crippen molar-refractivity contribution in [3.63, 3.8) is 0 Å². The van der Waals surface area contributed by atoms with Gasteiger partial charge in [0.1, 0.15) is 0 Å². The number of aliphatic imine (C=N–C) groups is 1. The highest BCUT2D eigenvalue weighted by Gasteiger charge is 2.03. The molecule has 0 atom stereocenters. The van der Waals surface area contributed by atoms with Crippen LogP contribution in [-0.4, -0.2) is 43.1 Å². The first-order valence-electron chi connectivity index (χ1n) is 7.68. The fourth-order valence-corrected chi connectivity index (χ4v) is 2.09. The van der Waals surface area contributed by atoms with Gasteiger partial charge < -0.3 is 20.5 Å². The smallest absolute Gasteiger partial charge is 0.251 e. The zero-order valence-electron chi connectivity index (χ0n) is 13.7. The van der Waals surface area contributed by atoms with E-state index < -0.39 is 0 Å². The summed E-state index contributed by atoms with van der Waals surface area (Å²) in [5.74, 6) is 0.661. The fourth-order valence-electron chi connectivity index (χ4n) is 2.09. The van der Waals surface area contributed by atoms with E-state index in [1.54, 1.807) is 19.2 Å². The molecule has 1 aromatic heterocycles. The molecule has 0 bridgehead atoms. The van der Waals surface area contributed by atoms with E-state index in [9.17, 15) is 4.79 Å². The number of hydrogen-bond donors (Lipinski definition) is 3. The van der Waals surface area contributed by atoms with E-state index >= 15 is 0 Å². The molecule has 2 aromatic rings. The lowest BCUT2D eigenvalue weighted by Gasteiger charge is -2.12. The monoisotopic (exact) mass is 441 g/mol. The van der Waals surface area contributed by atoms with Crippen molar-refractivity contribution >= 4 is 35.8 Å². The van der Waals surface area contributed by atoms with Crippen molar-refractivity contribution in [1.82, 2.24) is 20.5 Å². The summed E-state index contributed by atoms with van der Waals surface area (Å²) in [6, 6.07) is 13.2. The van der Waals surface area contributed by atoms with E-state index in [0.29, 0.717) is 18.7 Å². The molecule has 3 N–H and O–H groups in total. The molecule has 1 aromatic carbocycles. The van der Waals surface area contributed by atoms with Gasteiger partial charge in [-0.05, 0) is 24.3 Å². The van der Waals surface area contributed by atoms with Crippen LogP contribution in [-0.2, 0) is 6.54 Å². The molecule has 6 nitrogen and oxygen atoms in total. The summed E-state index contributed by atoms with van der Waals surface area (Å²) < 4.78 is 2.10. The molecule has 2 rings (SSSR count). The maximum Gasteiger partial charge on any atom is 0.251 e. The van der Waals surface area contributed by atoms with Crippen molar-refractivity contribution in [2.75, 3.05) is 26.7 Å². The first kappa shape index (κ1) is 20.0. The standard InChI is InChI=1S/C17H23N5O.HI/c1-18-17(21-11-14-22-12-5-6-13-22)20-10-9-19-16(23)15-7-3-2-4-8-15;/h2-8,12-13H,9-11,14H2,1H3,(H,19,23)(H2,18,20,21);1H. The molecule has 1 amide bonds. The second-order valence-corrected chi connectivity index (χ2v) is 4.97. The van der Waals surface area contributed by atoms with Crippen LogP contribution in [0, 0.1) is 0 Å². The Morgan fingerprint density at radius 1 is 0.958 bits per heavy atom. The number of amides is 1. The Morgan fingerprint density at radius 3 is 2.25 bits per heavy atom.